The maximum absolute atomic E-state index is 6.68. The average Bonchev–Trinajstić information content (AvgIpc) is 3.62. The van der Waals surface area contributed by atoms with Crippen molar-refractivity contribution in [3.05, 3.63) is 169 Å². The highest BCUT2D eigenvalue weighted by Crippen LogP contribution is 2.51. The van der Waals surface area contributed by atoms with E-state index in [-0.39, 0.29) is 5.41 Å². The molecular weight excluding hydrogens is 581 g/mol. The lowest BCUT2D eigenvalue weighted by Crippen LogP contribution is -2.14. The summed E-state index contributed by atoms with van der Waals surface area (Å²) in [5, 5.41) is 7.27. The molecule has 1 aliphatic carbocycles. The number of furan rings is 1. The van der Waals surface area contributed by atoms with Gasteiger partial charge < -0.3 is 4.42 Å². The van der Waals surface area contributed by atoms with Crippen molar-refractivity contribution in [1.29, 1.82) is 0 Å². The number of hydrogen-bond acceptors (Lipinski definition) is 1. The van der Waals surface area contributed by atoms with Gasteiger partial charge in [-0.05, 0) is 101 Å². The van der Waals surface area contributed by atoms with Crippen molar-refractivity contribution >= 4 is 43.5 Å². The molecular formula is C47H32O. The van der Waals surface area contributed by atoms with Gasteiger partial charge in [0.1, 0.15) is 11.2 Å². The molecule has 1 heterocycles. The zero-order valence-electron chi connectivity index (χ0n) is 26.9. The third-order valence-corrected chi connectivity index (χ3v) is 10.7. The van der Waals surface area contributed by atoms with Crippen molar-refractivity contribution in [3.63, 3.8) is 0 Å². The van der Waals surface area contributed by atoms with E-state index < -0.39 is 0 Å². The highest BCUT2D eigenvalue weighted by molar-refractivity contribution is 6.26. The van der Waals surface area contributed by atoms with Crippen LogP contribution in [0.3, 0.4) is 0 Å². The minimum Gasteiger partial charge on any atom is -0.456 e. The second-order valence-electron chi connectivity index (χ2n) is 13.6. The van der Waals surface area contributed by atoms with E-state index in [0.717, 1.165) is 27.5 Å². The number of rotatable bonds is 3. The molecule has 0 aliphatic heterocycles. The molecule has 9 aromatic rings. The first kappa shape index (κ1) is 27.2. The van der Waals surface area contributed by atoms with Crippen LogP contribution in [0.1, 0.15) is 25.0 Å². The van der Waals surface area contributed by atoms with Crippen LogP contribution in [0.5, 0.6) is 0 Å². The standard InChI is InChI=1S/C47H32O/c1-47(2)40-22-12-10-16-32(40)38-26-30(24-25-41(38)47)31-27-39(46-37-21-11-13-23-42(37)48-43(46)28-31)45-35-19-8-6-17-33(35)44(29-14-4-3-5-15-29)34-18-7-9-20-36(34)45/h3-28H,1-2H3. The molecule has 0 N–H and O–H groups in total. The molecule has 0 fully saturated rings. The van der Waals surface area contributed by atoms with Gasteiger partial charge in [0.2, 0.25) is 0 Å². The summed E-state index contributed by atoms with van der Waals surface area (Å²) in [7, 11) is 0. The summed E-state index contributed by atoms with van der Waals surface area (Å²) < 4.78 is 6.68. The van der Waals surface area contributed by atoms with Gasteiger partial charge >= 0.3 is 0 Å². The van der Waals surface area contributed by atoms with Gasteiger partial charge in [0, 0.05) is 16.2 Å². The second kappa shape index (κ2) is 10.0. The number of para-hydroxylation sites is 1. The Morgan fingerprint density at radius 1 is 0.375 bits per heavy atom. The van der Waals surface area contributed by atoms with Crippen molar-refractivity contribution in [2.75, 3.05) is 0 Å². The Morgan fingerprint density at radius 2 is 0.938 bits per heavy atom. The van der Waals surface area contributed by atoms with Gasteiger partial charge in [0.15, 0.2) is 0 Å². The van der Waals surface area contributed by atoms with Crippen LogP contribution in [0.25, 0.3) is 88.0 Å². The van der Waals surface area contributed by atoms with Gasteiger partial charge in [-0.2, -0.15) is 0 Å². The van der Waals surface area contributed by atoms with Crippen LogP contribution in [-0.4, -0.2) is 0 Å². The number of hydrogen-bond donors (Lipinski definition) is 0. The van der Waals surface area contributed by atoms with Crippen LogP contribution >= 0.6 is 0 Å². The van der Waals surface area contributed by atoms with Crippen molar-refractivity contribution in [1.82, 2.24) is 0 Å². The van der Waals surface area contributed by atoms with Crippen LogP contribution in [0.2, 0.25) is 0 Å². The van der Waals surface area contributed by atoms with Crippen molar-refractivity contribution in [3.8, 4) is 44.5 Å². The molecule has 1 heteroatoms. The Bertz CT molecular complexity index is 2690. The lowest BCUT2D eigenvalue weighted by molar-refractivity contribution is 0.660. The molecule has 0 amide bonds. The van der Waals surface area contributed by atoms with Crippen LogP contribution in [0.15, 0.2) is 162 Å². The lowest BCUT2D eigenvalue weighted by atomic mass is 9.82. The predicted octanol–water partition coefficient (Wildman–Crippen LogP) is 13.2. The average molecular weight is 613 g/mol. The van der Waals surface area contributed by atoms with Gasteiger partial charge in [0.05, 0.1) is 0 Å². The maximum Gasteiger partial charge on any atom is 0.136 e. The molecule has 8 aromatic carbocycles. The summed E-state index contributed by atoms with van der Waals surface area (Å²) in [5.74, 6) is 0. The first-order chi connectivity index (χ1) is 23.6. The second-order valence-corrected chi connectivity index (χ2v) is 13.6. The largest absolute Gasteiger partial charge is 0.456 e. The van der Waals surface area contributed by atoms with Crippen LogP contribution in [-0.2, 0) is 5.41 Å². The fourth-order valence-electron chi connectivity index (χ4n) is 8.45. The van der Waals surface area contributed by atoms with Crippen molar-refractivity contribution in [2.45, 2.75) is 19.3 Å². The molecule has 1 aliphatic rings. The van der Waals surface area contributed by atoms with E-state index in [4.69, 9.17) is 4.42 Å². The van der Waals surface area contributed by atoms with Gasteiger partial charge in [-0.1, -0.05) is 147 Å². The van der Waals surface area contributed by atoms with Crippen molar-refractivity contribution in [2.24, 2.45) is 0 Å². The molecule has 0 bridgehead atoms. The van der Waals surface area contributed by atoms with Crippen LogP contribution in [0, 0.1) is 0 Å². The Morgan fingerprint density at radius 3 is 1.67 bits per heavy atom. The highest BCUT2D eigenvalue weighted by atomic mass is 16.3. The molecule has 0 saturated heterocycles. The minimum atomic E-state index is -0.0311. The van der Waals surface area contributed by atoms with E-state index in [9.17, 15) is 0 Å². The third-order valence-electron chi connectivity index (χ3n) is 10.7. The highest BCUT2D eigenvalue weighted by Gasteiger charge is 2.35. The molecule has 1 aromatic heterocycles. The summed E-state index contributed by atoms with van der Waals surface area (Å²) in [6, 6.07) is 57.6. The summed E-state index contributed by atoms with van der Waals surface area (Å²) in [6.45, 7) is 4.68. The molecule has 48 heavy (non-hydrogen) atoms. The number of benzene rings is 8. The molecule has 0 saturated carbocycles. The van der Waals surface area contributed by atoms with E-state index in [1.165, 1.54) is 71.6 Å². The lowest BCUT2D eigenvalue weighted by Gasteiger charge is -2.21. The first-order valence-electron chi connectivity index (χ1n) is 16.8. The van der Waals surface area contributed by atoms with Crippen LogP contribution in [0.4, 0.5) is 0 Å². The molecule has 0 spiro atoms. The molecule has 0 atom stereocenters. The van der Waals surface area contributed by atoms with Crippen LogP contribution < -0.4 is 0 Å². The quantitative estimate of drug-likeness (QED) is 0.181. The van der Waals surface area contributed by atoms with E-state index in [0.29, 0.717) is 0 Å². The van der Waals surface area contributed by atoms with E-state index >= 15 is 0 Å². The minimum absolute atomic E-state index is 0.0311. The molecule has 0 radical (unpaired) electrons. The first-order valence-corrected chi connectivity index (χ1v) is 16.8. The smallest absolute Gasteiger partial charge is 0.136 e. The molecule has 0 unspecified atom stereocenters. The maximum atomic E-state index is 6.68. The SMILES string of the molecule is CC1(C)c2ccccc2-c2cc(-c3cc(-c4c5ccccc5c(-c5ccccc5)c5ccccc45)c4c(c3)oc3ccccc34)ccc21. The van der Waals surface area contributed by atoms with Gasteiger partial charge in [-0.25, -0.2) is 0 Å². The predicted molar refractivity (Wildman–Crippen MR) is 203 cm³/mol. The zero-order chi connectivity index (χ0) is 32.0. The molecule has 1 nitrogen and oxygen atoms in total. The van der Waals surface area contributed by atoms with Gasteiger partial charge in [-0.3, -0.25) is 0 Å². The van der Waals surface area contributed by atoms with Gasteiger partial charge in [-0.15, -0.1) is 0 Å². The summed E-state index contributed by atoms with van der Waals surface area (Å²) in [5.41, 5.74) is 14.5. The Hall–Kier alpha value is -5.92. The third kappa shape index (κ3) is 3.79. The Kier molecular flexibility index (Phi) is 5.69. The number of fused-ring (bicyclic) bond motifs is 8. The van der Waals surface area contributed by atoms with E-state index in [2.05, 4.69) is 172 Å². The Labute approximate surface area is 279 Å². The summed E-state index contributed by atoms with van der Waals surface area (Å²) >= 11 is 0. The Balaban J connectivity index is 1.32. The topological polar surface area (TPSA) is 13.1 Å². The molecule has 226 valence electrons. The summed E-state index contributed by atoms with van der Waals surface area (Å²) in [4.78, 5) is 0. The van der Waals surface area contributed by atoms with E-state index in [1.54, 1.807) is 0 Å². The van der Waals surface area contributed by atoms with Crippen molar-refractivity contribution < 1.29 is 4.42 Å². The normalized spacial score (nSPS) is 13.4. The fourth-order valence-corrected chi connectivity index (χ4v) is 8.45. The molecule has 10 rings (SSSR count). The van der Waals surface area contributed by atoms with E-state index in [1.807, 2.05) is 0 Å². The monoisotopic (exact) mass is 612 g/mol. The summed E-state index contributed by atoms with van der Waals surface area (Å²) in [6.07, 6.45) is 0. The van der Waals surface area contributed by atoms with Gasteiger partial charge in [0.25, 0.3) is 0 Å². The zero-order valence-corrected chi connectivity index (χ0v) is 26.9. The fraction of sp³-hybridized carbons (Fsp3) is 0.0638.